The zero-order valence-electron chi connectivity index (χ0n) is 13.4. The van der Waals surface area contributed by atoms with Crippen LogP contribution in [0.15, 0.2) is 30.5 Å². The number of nitrogens with one attached hydrogen (secondary N) is 1. The van der Waals surface area contributed by atoms with Crippen LogP contribution in [0, 0.1) is 11.7 Å². The lowest BCUT2D eigenvalue weighted by Gasteiger charge is -2.38. The van der Waals surface area contributed by atoms with Crippen molar-refractivity contribution in [1.82, 2.24) is 25.2 Å². The molecule has 0 atom stereocenters. The van der Waals surface area contributed by atoms with E-state index in [-0.39, 0.29) is 17.8 Å². The first-order valence-corrected chi connectivity index (χ1v) is 8.34. The minimum Gasteiger partial charge on any atom is -0.350 e. The molecule has 1 N–H and O–H groups in total. The van der Waals surface area contributed by atoms with E-state index in [1.807, 2.05) is 6.07 Å². The van der Waals surface area contributed by atoms with Gasteiger partial charge < -0.3 is 5.32 Å². The van der Waals surface area contributed by atoms with E-state index in [0.717, 1.165) is 31.7 Å². The number of carbonyl (C=O) groups excluding carboxylic acids is 1. The first kappa shape index (κ1) is 15.3. The zero-order chi connectivity index (χ0) is 16.5. The number of benzene rings is 1. The van der Waals surface area contributed by atoms with Gasteiger partial charge in [-0.05, 0) is 36.5 Å². The quantitative estimate of drug-likeness (QED) is 0.875. The molecular formula is C17H20FN5O. The summed E-state index contributed by atoms with van der Waals surface area (Å²) in [6.45, 7) is 3.10. The predicted octanol–water partition coefficient (Wildman–Crippen LogP) is 1.61. The van der Waals surface area contributed by atoms with Crippen LogP contribution in [0.5, 0.6) is 0 Å². The van der Waals surface area contributed by atoms with Gasteiger partial charge >= 0.3 is 0 Å². The van der Waals surface area contributed by atoms with Gasteiger partial charge in [-0.3, -0.25) is 9.69 Å². The molecule has 24 heavy (non-hydrogen) atoms. The van der Waals surface area contributed by atoms with E-state index in [2.05, 4.69) is 20.5 Å². The summed E-state index contributed by atoms with van der Waals surface area (Å²) in [5, 5.41) is 10.9. The van der Waals surface area contributed by atoms with Crippen molar-refractivity contribution in [3.05, 3.63) is 47.5 Å². The van der Waals surface area contributed by atoms with Crippen LogP contribution in [-0.2, 0) is 6.54 Å². The molecule has 4 rings (SSSR count). The molecular weight excluding hydrogens is 309 g/mol. The van der Waals surface area contributed by atoms with E-state index in [9.17, 15) is 9.18 Å². The first-order chi connectivity index (χ1) is 11.7. The number of nitrogens with zero attached hydrogens (tertiary/aromatic N) is 4. The van der Waals surface area contributed by atoms with Gasteiger partial charge in [0.1, 0.15) is 5.82 Å². The average Bonchev–Trinajstić information content (AvgIpc) is 3.23. The van der Waals surface area contributed by atoms with Crippen molar-refractivity contribution in [2.75, 3.05) is 19.6 Å². The summed E-state index contributed by atoms with van der Waals surface area (Å²) in [5.74, 6) is 0.291. The van der Waals surface area contributed by atoms with Gasteiger partial charge in [-0.25, -0.2) is 9.07 Å². The lowest BCUT2D eigenvalue weighted by molar-refractivity contribution is 0.0894. The third kappa shape index (κ3) is 3.46. The second-order valence-corrected chi connectivity index (χ2v) is 6.72. The fourth-order valence-corrected chi connectivity index (χ4v) is 2.94. The second kappa shape index (κ2) is 6.32. The Morgan fingerprint density at radius 1 is 1.33 bits per heavy atom. The Labute approximate surface area is 139 Å². The van der Waals surface area contributed by atoms with Crippen molar-refractivity contribution in [2.24, 2.45) is 5.92 Å². The van der Waals surface area contributed by atoms with E-state index in [1.54, 1.807) is 23.0 Å². The summed E-state index contributed by atoms with van der Waals surface area (Å²) in [5.41, 5.74) is 1.34. The average molecular weight is 329 g/mol. The Kier molecular flexibility index (Phi) is 4.02. The fourth-order valence-electron chi connectivity index (χ4n) is 2.94. The molecule has 2 fully saturated rings. The first-order valence-electron chi connectivity index (χ1n) is 8.34. The monoisotopic (exact) mass is 329 g/mol. The maximum Gasteiger partial charge on any atom is 0.273 e. The molecule has 2 aliphatic rings. The zero-order valence-corrected chi connectivity index (χ0v) is 13.4. The Balaban J connectivity index is 1.28. The number of halogens is 1. The Hall–Kier alpha value is -2.28. The number of likely N-dealkylation sites (tertiary alicyclic amines) is 1. The van der Waals surface area contributed by atoms with Crippen molar-refractivity contribution in [2.45, 2.75) is 25.4 Å². The molecule has 1 aliphatic carbocycles. The molecule has 1 aromatic heterocycles. The number of aromatic nitrogens is 3. The number of hydrogen-bond acceptors (Lipinski definition) is 4. The van der Waals surface area contributed by atoms with E-state index in [0.29, 0.717) is 11.6 Å². The third-order valence-electron chi connectivity index (χ3n) is 4.60. The lowest BCUT2D eigenvalue weighted by atomic mass is 10.1. The highest BCUT2D eigenvalue weighted by molar-refractivity contribution is 5.91. The molecule has 2 aromatic rings. The standard InChI is InChI=1S/C17H20FN5O/c18-14-3-1-2-13(6-14)8-22-9-15(10-22)23-11-16(20-21-23)17(24)19-7-12-4-5-12/h1-3,6,11-12,15H,4-5,7-10H2,(H,19,24). The van der Waals surface area contributed by atoms with Gasteiger partial charge in [-0.15, -0.1) is 5.10 Å². The molecule has 1 saturated heterocycles. The summed E-state index contributed by atoms with van der Waals surface area (Å²) < 4.78 is 15.0. The molecule has 2 heterocycles. The lowest BCUT2D eigenvalue weighted by Crippen LogP contribution is -2.47. The van der Waals surface area contributed by atoms with Crippen LogP contribution >= 0.6 is 0 Å². The predicted molar refractivity (Wildman–Crippen MR) is 85.8 cm³/mol. The summed E-state index contributed by atoms with van der Waals surface area (Å²) >= 11 is 0. The molecule has 126 valence electrons. The van der Waals surface area contributed by atoms with E-state index >= 15 is 0 Å². The van der Waals surface area contributed by atoms with Crippen molar-refractivity contribution in [3.63, 3.8) is 0 Å². The van der Waals surface area contributed by atoms with Crippen molar-refractivity contribution in [1.29, 1.82) is 0 Å². The van der Waals surface area contributed by atoms with E-state index in [4.69, 9.17) is 0 Å². The number of hydrogen-bond donors (Lipinski definition) is 1. The molecule has 0 unspecified atom stereocenters. The van der Waals surface area contributed by atoms with Crippen molar-refractivity contribution < 1.29 is 9.18 Å². The van der Waals surface area contributed by atoms with Crippen molar-refractivity contribution >= 4 is 5.91 Å². The summed E-state index contributed by atoms with van der Waals surface area (Å²) in [7, 11) is 0. The number of carbonyl (C=O) groups is 1. The molecule has 1 aromatic carbocycles. The molecule has 0 radical (unpaired) electrons. The molecule has 0 spiro atoms. The summed E-state index contributed by atoms with van der Waals surface area (Å²) in [6, 6.07) is 6.88. The van der Waals surface area contributed by atoms with Crippen LogP contribution in [0.2, 0.25) is 0 Å². The van der Waals surface area contributed by atoms with Crippen LogP contribution in [0.25, 0.3) is 0 Å². The molecule has 0 bridgehead atoms. The van der Waals surface area contributed by atoms with Crippen LogP contribution in [0.1, 0.15) is 34.9 Å². The van der Waals surface area contributed by atoms with Gasteiger partial charge in [0, 0.05) is 26.2 Å². The maximum atomic E-state index is 13.2. The van der Waals surface area contributed by atoms with Gasteiger partial charge in [-0.1, -0.05) is 17.3 Å². The van der Waals surface area contributed by atoms with Gasteiger partial charge in [0.2, 0.25) is 0 Å². The Bertz CT molecular complexity index is 736. The topological polar surface area (TPSA) is 63.1 Å². The van der Waals surface area contributed by atoms with Gasteiger partial charge in [0.15, 0.2) is 5.69 Å². The summed E-state index contributed by atoms with van der Waals surface area (Å²) in [6.07, 6.45) is 4.12. The van der Waals surface area contributed by atoms with Crippen LogP contribution in [0.3, 0.4) is 0 Å². The van der Waals surface area contributed by atoms with Gasteiger partial charge in [-0.2, -0.15) is 0 Å². The highest BCUT2D eigenvalue weighted by Gasteiger charge is 2.30. The van der Waals surface area contributed by atoms with Crippen LogP contribution < -0.4 is 5.32 Å². The normalized spacial score (nSPS) is 18.4. The SMILES string of the molecule is O=C(NCC1CC1)c1cn(C2CN(Cc3cccc(F)c3)C2)nn1. The minimum atomic E-state index is -0.206. The Morgan fingerprint density at radius 3 is 2.92 bits per heavy atom. The number of rotatable bonds is 6. The van der Waals surface area contributed by atoms with Crippen molar-refractivity contribution in [3.8, 4) is 0 Å². The molecule has 1 amide bonds. The minimum absolute atomic E-state index is 0.149. The van der Waals surface area contributed by atoms with E-state index in [1.165, 1.54) is 18.9 Å². The highest BCUT2D eigenvalue weighted by Crippen LogP contribution is 2.27. The van der Waals surface area contributed by atoms with Gasteiger partial charge in [0.25, 0.3) is 5.91 Å². The largest absolute Gasteiger partial charge is 0.350 e. The smallest absolute Gasteiger partial charge is 0.273 e. The number of amides is 1. The van der Waals surface area contributed by atoms with Crippen LogP contribution in [-0.4, -0.2) is 45.4 Å². The highest BCUT2D eigenvalue weighted by atomic mass is 19.1. The molecule has 1 saturated carbocycles. The Morgan fingerprint density at radius 2 is 2.17 bits per heavy atom. The molecule has 1 aliphatic heterocycles. The maximum absolute atomic E-state index is 13.2. The van der Waals surface area contributed by atoms with Gasteiger partial charge in [0.05, 0.1) is 12.2 Å². The second-order valence-electron chi connectivity index (χ2n) is 6.72. The molecule has 7 heteroatoms. The fraction of sp³-hybridized carbons (Fsp3) is 0.471. The molecule has 6 nitrogen and oxygen atoms in total. The van der Waals surface area contributed by atoms with E-state index < -0.39 is 0 Å². The van der Waals surface area contributed by atoms with Crippen LogP contribution in [0.4, 0.5) is 4.39 Å². The summed E-state index contributed by atoms with van der Waals surface area (Å²) in [4.78, 5) is 14.2. The third-order valence-corrected chi connectivity index (χ3v) is 4.60.